The highest BCUT2D eigenvalue weighted by Gasteiger charge is 2.36. The Hall–Kier alpha value is -0.660. The summed E-state index contributed by atoms with van der Waals surface area (Å²) in [6.45, 7) is 2.92. The van der Waals surface area contributed by atoms with E-state index < -0.39 is 15.4 Å². The zero-order chi connectivity index (χ0) is 14.7. The summed E-state index contributed by atoms with van der Waals surface area (Å²) >= 11 is 0. The molecule has 0 aromatic carbocycles. The van der Waals surface area contributed by atoms with E-state index in [1.165, 1.54) is 6.26 Å². The summed E-state index contributed by atoms with van der Waals surface area (Å²) in [4.78, 5) is 13.5. The van der Waals surface area contributed by atoms with Crippen LogP contribution in [0.15, 0.2) is 0 Å². The molecular weight excluding hydrogens is 266 g/mol. The van der Waals surface area contributed by atoms with E-state index in [9.17, 15) is 13.2 Å². The van der Waals surface area contributed by atoms with Crippen molar-refractivity contribution in [1.82, 2.24) is 10.2 Å². The third kappa shape index (κ3) is 6.35. The molecule has 0 aromatic rings. The first kappa shape index (κ1) is 16.4. The van der Waals surface area contributed by atoms with Crippen molar-refractivity contribution in [3.8, 4) is 0 Å². The Kier molecular flexibility index (Phi) is 5.34. The predicted octanol–water partition coefficient (Wildman–Crippen LogP) is -0.651. The van der Waals surface area contributed by atoms with Crippen LogP contribution in [0.1, 0.15) is 26.2 Å². The molecule has 112 valence electrons. The summed E-state index contributed by atoms with van der Waals surface area (Å²) in [6.07, 6.45) is 3.99. The summed E-state index contributed by atoms with van der Waals surface area (Å²) in [5, 5.41) is 3.28. The molecule has 19 heavy (non-hydrogen) atoms. The van der Waals surface area contributed by atoms with E-state index in [0.29, 0.717) is 25.6 Å². The van der Waals surface area contributed by atoms with E-state index in [0.717, 1.165) is 12.8 Å². The third-order valence-corrected chi connectivity index (χ3v) is 4.41. The number of sulfone groups is 1. The van der Waals surface area contributed by atoms with Gasteiger partial charge in [-0.15, -0.1) is 0 Å². The van der Waals surface area contributed by atoms with Crippen LogP contribution in [-0.2, 0) is 14.6 Å². The van der Waals surface area contributed by atoms with Gasteiger partial charge in [0.05, 0.1) is 11.3 Å². The van der Waals surface area contributed by atoms with Crippen LogP contribution in [0, 0.1) is 0 Å². The maximum atomic E-state index is 11.6. The molecule has 1 rings (SSSR count). The van der Waals surface area contributed by atoms with Crippen LogP contribution >= 0.6 is 0 Å². The molecule has 1 aliphatic rings. The van der Waals surface area contributed by atoms with Crippen molar-refractivity contribution in [3.63, 3.8) is 0 Å². The normalized spacial score (nSPS) is 19.4. The van der Waals surface area contributed by atoms with E-state index in [4.69, 9.17) is 5.73 Å². The highest BCUT2D eigenvalue weighted by molar-refractivity contribution is 7.90. The minimum absolute atomic E-state index is 0.132. The van der Waals surface area contributed by atoms with Gasteiger partial charge >= 0.3 is 0 Å². The molecule has 0 spiro atoms. The van der Waals surface area contributed by atoms with Crippen LogP contribution in [0.3, 0.4) is 0 Å². The number of hydrogen-bond acceptors (Lipinski definition) is 5. The summed E-state index contributed by atoms with van der Waals surface area (Å²) in [5.74, 6) is -0.219. The van der Waals surface area contributed by atoms with Gasteiger partial charge in [0.15, 0.2) is 0 Å². The summed E-state index contributed by atoms with van der Waals surface area (Å²) < 4.78 is 22.2. The Bertz CT molecular complexity index is 420. The molecule has 0 saturated heterocycles. The second-order valence-corrected chi connectivity index (χ2v) is 8.06. The van der Waals surface area contributed by atoms with Crippen molar-refractivity contribution in [3.05, 3.63) is 0 Å². The van der Waals surface area contributed by atoms with Crippen molar-refractivity contribution in [2.24, 2.45) is 5.73 Å². The Balaban J connectivity index is 2.40. The van der Waals surface area contributed by atoms with Crippen LogP contribution in [-0.4, -0.2) is 63.0 Å². The lowest BCUT2D eigenvalue weighted by atomic mass is 9.96. The van der Waals surface area contributed by atoms with Gasteiger partial charge in [-0.1, -0.05) is 0 Å². The number of primary amides is 1. The van der Waals surface area contributed by atoms with Crippen molar-refractivity contribution >= 4 is 15.7 Å². The summed E-state index contributed by atoms with van der Waals surface area (Å²) in [7, 11) is -1.10. The van der Waals surface area contributed by atoms with Gasteiger partial charge in [-0.2, -0.15) is 0 Å². The smallest absolute Gasteiger partial charge is 0.237 e. The quantitative estimate of drug-likeness (QED) is 0.589. The zero-order valence-corrected chi connectivity index (χ0v) is 12.8. The fourth-order valence-corrected chi connectivity index (χ4v) is 2.44. The molecule has 0 bridgehead atoms. The van der Waals surface area contributed by atoms with Crippen molar-refractivity contribution in [1.29, 1.82) is 0 Å². The number of carbonyl (C=O) groups excluding carboxylic acids is 1. The highest BCUT2D eigenvalue weighted by Crippen LogP contribution is 2.24. The molecule has 3 N–H and O–H groups in total. The number of nitrogens with zero attached hydrogens (tertiary/aromatic N) is 1. The number of carbonyl (C=O) groups is 1. The van der Waals surface area contributed by atoms with E-state index in [1.54, 1.807) is 0 Å². The largest absolute Gasteiger partial charge is 0.368 e. The first-order chi connectivity index (χ1) is 8.62. The van der Waals surface area contributed by atoms with Crippen molar-refractivity contribution in [2.75, 3.05) is 32.1 Å². The number of rotatable bonds is 9. The fraction of sp³-hybridized carbons (Fsp3) is 0.917. The lowest BCUT2D eigenvalue weighted by molar-refractivity contribution is -0.124. The molecule has 1 amide bonds. The van der Waals surface area contributed by atoms with E-state index >= 15 is 0 Å². The lowest BCUT2D eigenvalue weighted by Gasteiger charge is -2.29. The molecule has 0 radical (unpaired) electrons. The molecule has 0 aliphatic heterocycles. The van der Waals surface area contributed by atoms with E-state index in [2.05, 4.69) is 5.32 Å². The van der Waals surface area contributed by atoms with Crippen LogP contribution < -0.4 is 11.1 Å². The average Bonchev–Trinajstić information content (AvgIpc) is 3.06. The van der Waals surface area contributed by atoms with E-state index in [1.807, 2.05) is 18.9 Å². The molecule has 0 heterocycles. The van der Waals surface area contributed by atoms with E-state index in [-0.39, 0.29) is 11.7 Å². The van der Waals surface area contributed by atoms with Crippen molar-refractivity contribution < 1.29 is 13.2 Å². The SMILES string of the molecule is CN(CCC(C)(NC1CC1)C(N)=O)CCS(C)(=O)=O. The van der Waals surface area contributed by atoms with Crippen LogP contribution in [0.5, 0.6) is 0 Å². The molecule has 1 atom stereocenters. The van der Waals surface area contributed by atoms with Gasteiger partial charge < -0.3 is 16.0 Å². The number of nitrogens with one attached hydrogen (secondary N) is 1. The Labute approximate surface area is 115 Å². The Morgan fingerprint density at radius 3 is 2.42 bits per heavy atom. The zero-order valence-electron chi connectivity index (χ0n) is 12.0. The topological polar surface area (TPSA) is 92.5 Å². The van der Waals surface area contributed by atoms with Gasteiger partial charge in [-0.3, -0.25) is 4.79 Å². The minimum Gasteiger partial charge on any atom is -0.368 e. The second kappa shape index (κ2) is 6.19. The molecule has 0 aromatic heterocycles. The highest BCUT2D eigenvalue weighted by atomic mass is 32.2. The van der Waals surface area contributed by atoms with Crippen molar-refractivity contribution in [2.45, 2.75) is 37.8 Å². The molecule has 1 unspecified atom stereocenters. The average molecular weight is 291 g/mol. The van der Waals surface area contributed by atoms with Gasteiger partial charge in [0.1, 0.15) is 9.84 Å². The number of hydrogen-bond donors (Lipinski definition) is 2. The lowest BCUT2D eigenvalue weighted by Crippen LogP contribution is -2.55. The fourth-order valence-electron chi connectivity index (χ4n) is 1.79. The van der Waals surface area contributed by atoms with Gasteiger partial charge in [0.25, 0.3) is 0 Å². The van der Waals surface area contributed by atoms with Gasteiger partial charge in [-0.25, -0.2) is 8.42 Å². The Morgan fingerprint density at radius 2 is 2.00 bits per heavy atom. The standard InChI is InChI=1S/C12H25N3O3S/c1-12(11(13)16,14-10-4-5-10)6-7-15(2)8-9-19(3,17)18/h10,14H,4-9H2,1-3H3,(H2,13,16). The number of nitrogens with two attached hydrogens (primary N) is 1. The summed E-state index contributed by atoms with van der Waals surface area (Å²) in [6, 6.07) is 0.402. The molecular formula is C12H25N3O3S. The molecule has 1 saturated carbocycles. The maximum absolute atomic E-state index is 11.6. The maximum Gasteiger partial charge on any atom is 0.237 e. The third-order valence-electron chi connectivity index (χ3n) is 3.48. The molecule has 7 heteroatoms. The first-order valence-electron chi connectivity index (χ1n) is 6.56. The second-order valence-electron chi connectivity index (χ2n) is 5.80. The van der Waals surface area contributed by atoms with Crippen LogP contribution in [0.2, 0.25) is 0 Å². The van der Waals surface area contributed by atoms with Gasteiger partial charge in [0, 0.05) is 25.4 Å². The molecule has 1 fully saturated rings. The monoisotopic (exact) mass is 291 g/mol. The predicted molar refractivity (Wildman–Crippen MR) is 75.6 cm³/mol. The minimum atomic E-state index is -2.95. The number of amides is 1. The first-order valence-corrected chi connectivity index (χ1v) is 8.62. The molecule has 6 nitrogen and oxygen atoms in total. The van der Waals surface area contributed by atoms with Gasteiger partial charge in [-0.05, 0) is 33.2 Å². The van der Waals surface area contributed by atoms with Crippen LogP contribution in [0.4, 0.5) is 0 Å². The van der Waals surface area contributed by atoms with Crippen LogP contribution in [0.25, 0.3) is 0 Å². The van der Waals surface area contributed by atoms with Gasteiger partial charge in [0.2, 0.25) is 5.91 Å². The summed E-state index contributed by atoms with van der Waals surface area (Å²) in [5.41, 5.74) is 4.75. The molecule has 1 aliphatic carbocycles. The Morgan fingerprint density at radius 1 is 1.42 bits per heavy atom.